The highest BCUT2D eigenvalue weighted by Crippen LogP contribution is 2.34. The van der Waals surface area contributed by atoms with Crippen molar-refractivity contribution in [2.45, 2.75) is 57.8 Å². The molecule has 188 valence electrons. The molecule has 1 aromatic rings. The lowest BCUT2D eigenvalue weighted by atomic mass is 9.99. The molecule has 1 unspecified atom stereocenters. The summed E-state index contributed by atoms with van der Waals surface area (Å²) in [4.78, 5) is 29.4. The first-order valence-electron chi connectivity index (χ1n) is 12.3. The van der Waals surface area contributed by atoms with Crippen LogP contribution >= 0.6 is 0 Å². The van der Waals surface area contributed by atoms with Gasteiger partial charge in [0.1, 0.15) is 24.9 Å². The van der Waals surface area contributed by atoms with Gasteiger partial charge in [0.2, 0.25) is 5.91 Å². The fourth-order valence-corrected chi connectivity index (χ4v) is 4.71. The molecule has 0 saturated carbocycles. The summed E-state index contributed by atoms with van der Waals surface area (Å²) >= 11 is 0. The number of hydrogen-bond donors (Lipinski definition) is 2. The third kappa shape index (κ3) is 6.13. The van der Waals surface area contributed by atoms with E-state index in [9.17, 15) is 14.7 Å². The van der Waals surface area contributed by atoms with Crippen LogP contribution in [0.1, 0.15) is 51.7 Å². The lowest BCUT2D eigenvalue weighted by Crippen LogP contribution is -2.49. The van der Waals surface area contributed by atoms with Crippen molar-refractivity contribution < 1.29 is 28.9 Å². The number of aliphatic hydroxyl groups is 1. The maximum Gasteiger partial charge on any atom is 0.410 e. The number of carbonyl (C=O) groups is 2. The second-order valence-electron chi connectivity index (χ2n) is 10.4. The standard InChI is InChI=1S/C25H37N3O6/c1-25(2,3)34-24(31)28-11-8-18(15-28)23(30)26-19(16-27-9-4-5-10-27)22(29)17-6-7-20-21(14-17)33-13-12-32-20/h6-7,14,18-19,22,29H,4-5,8-13,15-16H2,1-3H3,(H,26,30)/t18?,19-,22-/m1/s1. The molecule has 2 saturated heterocycles. The van der Waals surface area contributed by atoms with E-state index in [1.807, 2.05) is 26.8 Å². The Morgan fingerprint density at radius 3 is 2.56 bits per heavy atom. The molecule has 0 aliphatic carbocycles. The number of aliphatic hydroxyl groups excluding tert-OH is 1. The molecule has 2 amide bonds. The van der Waals surface area contributed by atoms with E-state index in [0.717, 1.165) is 25.9 Å². The summed E-state index contributed by atoms with van der Waals surface area (Å²) in [5, 5.41) is 14.4. The lowest BCUT2D eigenvalue weighted by molar-refractivity contribution is -0.126. The highest BCUT2D eigenvalue weighted by Gasteiger charge is 2.36. The van der Waals surface area contributed by atoms with E-state index < -0.39 is 23.8 Å². The minimum Gasteiger partial charge on any atom is -0.486 e. The van der Waals surface area contributed by atoms with E-state index in [1.165, 1.54) is 0 Å². The topological polar surface area (TPSA) is 101 Å². The van der Waals surface area contributed by atoms with Crippen molar-refractivity contribution in [2.75, 3.05) is 45.9 Å². The highest BCUT2D eigenvalue weighted by molar-refractivity contribution is 5.81. The lowest BCUT2D eigenvalue weighted by Gasteiger charge is -2.30. The number of nitrogens with one attached hydrogen (secondary N) is 1. The van der Waals surface area contributed by atoms with Crippen molar-refractivity contribution in [3.63, 3.8) is 0 Å². The van der Waals surface area contributed by atoms with Gasteiger partial charge in [0.15, 0.2) is 11.5 Å². The molecule has 0 radical (unpaired) electrons. The van der Waals surface area contributed by atoms with Crippen molar-refractivity contribution in [1.82, 2.24) is 15.1 Å². The SMILES string of the molecule is CC(C)(C)OC(=O)N1CCC(C(=O)N[C@H](CN2CCCC2)[C@H](O)c2ccc3c(c2)OCCO3)C1. The number of hydrogen-bond acceptors (Lipinski definition) is 7. The molecule has 9 nitrogen and oxygen atoms in total. The number of amides is 2. The first-order valence-corrected chi connectivity index (χ1v) is 12.3. The van der Waals surface area contributed by atoms with Gasteiger partial charge in [-0.05, 0) is 70.8 Å². The Kier molecular flexibility index (Phi) is 7.52. The molecule has 1 aromatic carbocycles. The molecular weight excluding hydrogens is 438 g/mol. The number of likely N-dealkylation sites (tertiary alicyclic amines) is 2. The Bertz CT molecular complexity index is 880. The monoisotopic (exact) mass is 475 g/mol. The van der Waals surface area contributed by atoms with Crippen LogP contribution in [0.3, 0.4) is 0 Å². The van der Waals surface area contributed by atoms with Crippen LogP contribution in [0, 0.1) is 5.92 Å². The zero-order valence-electron chi connectivity index (χ0n) is 20.4. The van der Waals surface area contributed by atoms with E-state index in [4.69, 9.17) is 14.2 Å². The summed E-state index contributed by atoms with van der Waals surface area (Å²) in [6.45, 7) is 9.72. The Hall–Kier alpha value is -2.52. The second kappa shape index (κ2) is 10.4. The maximum atomic E-state index is 13.2. The highest BCUT2D eigenvalue weighted by atomic mass is 16.6. The van der Waals surface area contributed by atoms with Gasteiger partial charge in [-0.25, -0.2) is 4.79 Å². The summed E-state index contributed by atoms with van der Waals surface area (Å²) in [7, 11) is 0. The summed E-state index contributed by atoms with van der Waals surface area (Å²) in [6, 6.07) is 4.93. The van der Waals surface area contributed by atoms with Crippen molar-refractivity contribution in [1.29, 1.82) is 0 Å². The fraction of sp³-hybridized carbons (Fsp3) is 0.680. The van der Waals surface area contributed by atoms with Gasteiger partial charge in [-0.15, -0.1) is 0 Å². The summed E-state index contributed by atoms with van der Waals surface area (Å²) in [6.07, 6.45) is 1.51. The van der Waals surface area contributed by atoms with Gasteiger partial charge in [-0.3, -0.25) is 4.79 Å². The molecule has 9 heteroatoms. The van der Waals surface area contributed by atoms with Crippen molar-refractivity contribution in [2.24, 2.45) is 5.92 Å². The summed E-state index contributed by atoms with van der Waals surface area (Å²) < 4.78 is 16.7. The molecule has 0 bridgehead atoms. The van der Waals surface area contributed by atoms with Crippen molar-refractivity contribution in [3.05, 3.63) is 23.8 Å². The number of benzene rings is 1. The Morgan fingerprint density at radius 2 is 1.85 bits per heavy atom. The number of nitrogens with zero attached hydrogens (tertiary/aromatic N) is 2. The average molecular weight is 476 g/mol. The zero-order valence-corrected chi connectivity index (χ0v) is 20.4. The normalized spacial score (nSPS) is 22.4. The zero-order chi connectivity index (χ0) is 24.3. The molecule has 34 heavy (non-hydrogen) atoms. The Morgan fingerprint density at radius 1 is 1.15 bits per heavy atom. The number of carbonyl (C=O) groups excluding carboxylic acids is 2. The molecule has 3 aliphatic rings. The Labute approximate surface area is 201 Å². The third-order valence-corrected chi connectivity index (χ3v) is 6.48. The minimum atomic E-state index is -0.899. The predicted octanol–water partition coefficient (Wildman–Crippen LogP) is 2.33. The smallest absolute Gasteiger partial charge is 0.410 e. The first-order chi connectivity index (χ1) is 16.2. The number of fused-ring (bicyclic) bond motifs is 1. The molecule has 4 rings (SSSR count). The quantitative estimate of drug-likeness (QED) is 0.651. The van der Waals surface area contributed by atoms with E-state index in [2.05, 4.69) is 10.2 Å². The molecule has 2 N–H and O–H groups in total. The number of ether oxygens (including phenoxy) is 3. The summed E-state index contributed by atoms with van der Waals surface area (Å²) in [5.41, 5.74) is 0.0990. The van der Waals surface area contributed by atoms with Crippen LogP contribution in [-0.2, 0) is 9.53 Å². The molecule has 3 heterocycles. The molecule has 0 aromatic heterocycles. The van der Waals surface area contributed by atoms with E-state index in [-0.39, 0.29) is 11.8 Å². The molecular formula is C25H37N3O6. The molecule has 3 aliphatic heterocycles. The van der Waals surface area contributed by atoms with Crippen molar-refractivity contribution in [3.8, 4) is 11.5 Å². The predicted molar refractivity (Wildman–Crippen MR) is 126 cm³/mol. The largest absolute Gasteiger partial charge is 0.486 e. The maximum absolute atomic E-state index is 13.2. The van der Waals surface area contributed by atoms with Gasteiger partial charge in [0, 0.05) is 19.6 Å². The van der Waals surface area contributed by atoms with Crippen LogP contribution in [0.2, 0.25) is 0 Å². The van der Waals surface area contributed by atoms with Gasteiger partial charge in [0.25, 0.3) is 0 Å². The number of rotatable bonds is 6. The van der Waals surface area contributed by atoms with Gasteiger partial charge in [-0.2, -0.15) is 0 Å². The second-order valence-corrected chi connectivity index (χ2v) is 10.4. The van der Waals surface area contributed by atoms with E-state index >= 15 is 0 Å². The van der Waals surface area contributed by atoms with Crippen LogP contribution in [-0.4, -0.2) is 84.5 Å². The van der Waals surface area contributed by atoms with Gasteiger partial charge in [-0.1, -0.05) is 6.07 Å². The van der Waals surface area contributed by atoms with Crippen LogP contribution in [0.25, 0.3) is 0 Å². The Balaban J connectivity index is 1.42. The molecule has 2 fully saturated rings. The van der Waals surface area contributed by atoms with Crippen molar-refractivity contribution >= 4 is 12.0 Å². The first kappa shape index (κ1) is 24.6. The molecule has 3 atom stereocenters. The van der Waals surface area contributed by atoms with Gasteiger partial charge >= 0.3 is 6.09 Å². The van der Waals surface area contributed by atoms with Crippen LogP contribution in [0.4, 0.5) is 4.79 Å². The van der Waals surface area contributed by atoms with Gasteiger partial charge < -0.3 is 34.4 Å². The third-order valence-electron chi connectivity index (χ3n) is 6.48. The van der Waals surface area contributed by atoms with E-state index in [0.29, 0.717) is 56.3 Å². The summed E-state index contributed by atoms with van der Waals surface area (Å²) in [5.74, 6) is 0.793. The van der Waals surface area contributed by atoms with E-state index in [1.54, 1.807) is 17.0 Å². The van der Waals surface area contributed by atoms with Gasteiger partial charge in [0.05, 0.1) is 12.0 Å². The minimum absolute atomic E-state index is 0.146. The van der Waals surface area contributed by atoms with Crippen LogP contribution in [0.15, 0.2) is 18.2 Å². The fourth-order valence-electron chi connectivity index (χ4n) is 4.71. The molecule has 0 spiro atoms. The van der Waals surface area contributed by atoms with Crippen LogP contribution < -0.4 is 14.8 Å². The average Bonchev–Trinajstić information content (AvgIpc) is 3.49. The van der Waals surface area contributed by atoms with Crippen LogP contribution in [0.5, 0.6) is 11.5 Å².